The first-order chi connectivity index (χ1) is 9.56. The average molecular weight is 274 g/mol. The highest BCUT2D eigenvalue weighted by Gasteiger charge is 2.29. The number of likely N-dealkylation sites (tertiary alicyclic amines) is 1. The van der Waals surface area contributed by atoms with Gasteiger partial charge in [0.15, 0.2) is 0 Å². The minimum Gasteiger partial charge on any atom is -0.349 e. The van der Waals surface area contributed by atoms with Gasteiger partial charge in [-0.2, -0.15) is 0 Å². The number of hydrogen-bond donors (Lipinski definition) is 1. The van der Waals surface area contributed by atoms with Gasteiger partial charge < -0.3 is 10.2 Å². The summed E-state index contributed by atoms with van der Waals surface area (Å²) >= 11 is 0. The molecule has 1 aliphatic rings. The van der Waals surface area contributed by atoms with Gasteiger partial charge in [0.1, 0.15) is 0 Å². The summed E-state index contributed by atoms with van der Waals surface area (Å²) < 4.78 is 0. The lowest BCUT2D eigenvalue weighted by atomic mass is 10.1. The molecule has 0 radical (unpaired) electrons. The number of nitrogens with zero attached hydrogens (tertiary/aromatic N) is 1. The molecule has 1 N–H and O–H groups in total. The summed E-state index contributed by atoms with van der Waals surface area (Å²) in [6.07, 6.45) is 0.986. The molecule has 1 aliphatic heterocycles. The fourth-order valence-electron chi connectivity index (χ4n) is 2.89. The van der Waals surface area contributed by atoms with E-state index in [0.717, 1.165) is 31.6 Å². The second-order valence-electron chi connectivity index (χ2n) is 6.28. The lowest BCUT2D eigenvalue weighted by Gasteiger charge is -2.19. The predicted octanol–water partition coefficient (Wildman–Crippen LogP) is 2.84. The van der Waals surface area contributed by atoms with Gasteiger partial charge in [-0.1, -0.05) is 44.2 Å². The average Bonchev–Trinajstić information content (AvgIpc) is 2.87. The Morgan fingerprint density at radius 1 is 1.30 bits per heavy atom. The van der Waals surface area contributed by atoms with Crippen LogP contribution in [0.2, 0.25) is 0 Å². The Morgan fingerprint density at radius 3 is 2.65 bits per heavy atom. The highest BCUT2D eigenvalue weighted by molar-refractivity contribution is 5.79. The van der Waals surface area contributed by atoms with Gasteiger partial charge in [0.25, 0.3) is 0 Å². The smallest absolute Gasteiger partial charge is 0.224 e. The monoisotopic (exact) mass is 274 g/mol. The molecule has 1 fully saturated rings. The highest BCUT2D eigenvalue weighted by Crippen LogP contribution is 2.19. The molecule has 1 heterocycles. The van der Waals surface area contributed by atoms with Crippen LogP contribution in [0.4, 0.5) is 0 Å². The van der Waals surface area contributed by atoms with E-state index >= 15 is 0 Å². The van der Waals surface area contributed by atoms with E-state index in [4.69, 9.17) is 0 Å². The molecular formula is C17H26N2O. The molecule has 0 aromatic heterocycles. The predicted molar refractivity (Wildman–Crippen MR) is 82.4 cm³/mol. The summed E-state index contributed by atoms with van der Waals surface area (Å²) in [7, 11) is 0. The summed E-state index contributed by atoms with van der Waals surface area (Å²) in [6.45, 7) is 9.56. The summed E-state index contributed by atoms with van der Waals surface area (Å²) in [5, 5.41) is 3.15. The molecule has 0 aliphatic carbocycles. The van der Waals surface area contributed by atoms with E-state index in [0.29, 0.717) is 5.92 Å². The van der Waals surface area contributed by atoms with Crippen molar-refractivity contribution in [3.8, 4) is 0 Å². The molecule has 1 aromatic carbocycles. The maximum absolute atomic E-state index is 12.3. The SMILES string of the molecule is CC(C)CN1CC[C@H](C(=O)N[C@H](C)c2ccccc2)C1. The van der Waals surface area contributed by atoms with Gasteiger partial charge in [-0.05, 0) is 31.4 Å². The molecule has 0 saturated carbocycles. The zero-order valence-corrected chi connectivity index (χ0v) is 12.8. The lowest BCUT2D eigenvalue weighted by Crippen LogP contribution is -2.35. The lowest BCUT2D eigenvalue weighted by molar-refractivity contribution is -0.125. The second kappa shape index (κ2) is 6.89. The van der Waals surface area contributed by atoms with Crippen molar-refractivity contribution in [1.29, 1.82) is 0 Å². The third kappa shape index (κ3) is 4.07. The van der Waals surface area contributed by atoms with Crippen molar-refractivity contribution in [3.05, 3.63) is 35.9 Å². The number of nitrogens with one attached hydrogen (secondary N) is 1. The van der Waals surface area contributed by atoms with Crippen LogP contribution in [0, 0.1) is 11.8 Å². The van der Waals surface area contributed by atoms with Crippen molar-refractivity contribution in [2.75, 3.05) is 19.6 Å². The number of hydrogen-bond acceptors (Lipinski definition) is 2. The standard InChI is InChI=1S/C17H26N2O/c1-13(2)11-19-10-9-16(12-19)17(20)18-14(3)15-7-5-4-6-8-15/h4-8,13-14,16H,9-12H2,1-3H3,(H,18,20)/t14-,16+/m1/s1. The molecule has 1 saturated heterocycles. The van der Waals surface area contributed by atoms with E-state index < -0.39 is 0 Å². The Labute approximate surface area is 122 Å². The van der Waals surface area contributed by atoms with Crippen LogP contribution in [0.15, 0.2) is 30.3 Å². The Bertz CT molecular complexity index is 430. The normalized spacial score (nSPS) is 21.1. The van der Waals surface area contributed by atoms with Gasteiger partial charge in [0, 0.05) is 13.1 Å². The van der Waals surface area contributed by atoms with Gasteiger partial charge in [0.2, 0.25) is 5.91 Å². The van der Waals surface area contributed by atoms with Crippen LogP contribution in [-0.2, 0) is 4.79 Å². The van der Waals surface area contributed by atoms with Crippen LogP contribution in [0.1, 0.15) is 38.8 Å². The number of carbonyl (C=O) groups excluding carboxylic acids is 1. The molecule has 20 heavy (non-hydrogen) atoms. The third-order valence-corrected chi connectivity index (χ3v) is 3.92. The van der Waals surface area contributed by atoms with Crippen LogP contribution in [-0.4, -0.2) is 30.4 Å². The van der Waals surface area contributed by atoms with Gasteiger partial charge >= 0.3 is 0 Å². The first kappa shape index (κ1) is 15.0. The van der Waals surface area contributed by atoms with Crippen LogP contribution >= 0.6 is 0 Å². The van der Waals surface area contributed by atoms with Crippen molar-refractivity contribution in [2.45, 2.75) is 33.2 Å². The molecule has 3 nitrogen and oxygen atoms in total. The minimum absolute atomic E-state index is 0.0860. The zero-order chi connectivity index (χ0) is 14.5. The number of benzene rings is 1. The van der Waals surface area contributed by atoms with E-state index in [1.807, 2.05) is 25.1 Å². The largest absolute Gasteiger partial charge is 0.349 e. The van der Waals surface area contributed by atoms with E-state index in [1.165, 1.54) is 0 Å². The van der Waals surface area contributed by atoms with E-state index in [2.05, 4.69) is 36.2 Å². The fourth-order valence-corrected chi connectivity index (χ4v) is 2.89. The van der Waals surface area contributed by atoms with Crippen LogP contribution in [0.25, 0.3) is 0 Å². The van der Waals surface area contributed by atoms with Crippen LogP contribution < -0.4 is 5.32 Å². The van der Waals surface area contributed by atoms with Crippen molar-refractivity contribution >= 4 is 5.91 Å². The number of amides is 1. The second-order valence-corrected chi connectivity index (χ2v) is 6.28. The van der Waals surface area contributed by atoms with Crippen molar-refractivity contribution in [1.82, 2.24) is 10.2 Å². The molecule has 0 spiro atoms. The minimum atomic E-state index is 0.0860. The summed E-state index contributed by atoms with van der Waals surface area (Å²) in [5.74, 6) is 1.02. The van der Waals surface area contributed by atoms with E-state index in [9.17, 15) is 4.79 Å². The van der Waals surface area contributed by atoms with Gasteiger partial charge in [-0.3, -0.25) is 4.79 Å². The Kier molecular flexibility index (Phi) is 5.18. The summed E-state index contributed by atoms with van der Waals surface area (Å²) in [6, 6.07) is 10.2. The van der Waals surface area contributed by atoms with Crippen LogP contribution in [0.3, 0.4) is 0 Å². The fraction of sp³-hybridized carbons (Fsp3) is 0.588. The summed E-state index contributed by atoms with van der Waals surface area (Å²) in [5.41, 5.74) is 1.16. The first-order valence-electron chi connectivity index (χ1n) is 7.64. The molecular weight excluding hydrogens is 248 g/mol. The molecule has 3 heteroatoms. The maximum atomic E-state index is 12.3. The Morgan fingerprint density at radius 2 is 2.00 bits per heavy atom. The first-order valence-corrected chi connectivity index (χ1v) is 7.64. The Balaban J connectivity index is 1.84. The highest BCUT2D eigenvalue weighted by atomic mass is 16.2. The van der Waals surface area contributed by atoms with Gasteiger partial charge in [-0.15, -0.1) is 0 Å². The maximum Gasteiger partial charge on any atom is 0.224 e. The van der Waals surface area contributed by atoms with Gasteiger partial charge in [0.05, 0.1) is 12.0 Å². The zero-order valence-electron chi connectivity index (χ0n) is 12.8. The third-order valence-electron chi connectivity index (χ3n) is 3.92. The van der Waals surface area contributed by atoms with E-state index in [1.54, 1.807) is 0 Å². The molecule has 0 unspecified atom stereocenters. The number of rotatable bonds is 5. The number of carbonyl (C=O) groups is 1. The van der Waals surface area contributed by atoms with Crippen molar-refractivity contribution < 1.29 is 4.79 Å². The molecule has 1 aromatic rings. The van der Waals surface area contributed by atoms with Gasteiger partial charge in [-0.25, -0.2) is 0 Å². The summed E-state index contributed by atoms with van der Waals surface area (Å²) in [4.78, 5) is 14.7. The quantitative estimate of drug-likeness (QED) is 0.895. The molecule has 1 amide bonds. The Hall–Kier alpha value is -1.35. The van der Waals surface area contributed by atoms with Crippen molar-refractivity contribution in [2.24, 2.45) is 11.8 Å². The van der Waals surface area contributed by atoms with Crippen LogP contribution in [0.5, 0.6) is 0 Å². The molecule has 2 rings (SSSR count). The molecule has 110 valence electrons. The van der Waals surface area contributed by atoms with Crippen molar-refractivity contribution in [3.63, 3.8) is 0 Å². The topological polar surface area (TPSA) is 32.3 Å². The van der Waals surface area contributed by atoms with E-state index in [-0.39, 0.29) is 17.9 Å². The molecule has 0 bridgehead atoms. The molecule has 2 atom stereocenters.